The lowest BCUT2D eigenvalue weighted by Gasteiger charge is -2.41. The van der Waals surface area contributed by atoms with Gasteiger partial charge in [-0.05, 0) is 31.2 Å². The Morgan fingerprint density at radius 1 is 0.900 bits per heavy atom. The molecular weight excluding hydrogens is 248 g/mol. The van der Waals surface area contributed by atoms with Gasteiger partial charge in [0.05, 0.1) is 5.60 Å². The molecule has 2 aliphatic rings. The Bertz CT molecular complexity index is 284. The molecule has 0 aromatic rings. The van der Waals surface area contributed by atoms with Crippen molar-refractivity contribution in [2.45, 2.75) is 64.9 Å². The van der Waals surface area contributed by atoms with E-state index in [1.165, 1.54) is 45.3 Å². The average Bonchev–Trinajstić information content (AvgIpc) is 2.37. The normalized spacial score (nSPS) is 25.8. The second-order valence-corrected chi connectivity index (χ2v) is 8.21. The first kappa shape index (κ1) is 16.3. The van der Waals surface area contributed by atoms with E-state index in [0.29, 0.717) is 5.41 Å². The highest BCUT2D eigenvalue weighted by molar-refractivity contribution is 4.87. The van der Waals surface area contributed by atoms with E-state index >= 15 is 0 Å². The van der Waals surface area contributed by atoms with Crippen molar-refractivity contribution in [2.75, 3.05) is 39.3 Å². The summed E-state index contributed by atoms with van der Waals surface area (Å²) < 4.78 is 0. The Morgan fingerprint density at radius 3 is 2.00 bits per heavy atom. The molecule has 0 spiro atoms. The lowest BCUT2D eigenvalue weighted by atomic mass is 9.84. The van der Waals surface area contributed by atoms with E-state index < -0.39 is 0 Å². The van der Waals surface area contributed by atoms with Crippen LogP contribution in [0.5, 0.6) is 0 Å². The first-order valence-electron chi connectivity index (χ1n) is 8.54. The van der Waals surface area contributed by atoms with Crippen molar-refractivity contribution < 1.29 is 5.11 Å². The standard InChI is InChI=1S/C17H34N2O/c1-16(2,3)9-10-18-11-13-19(14-12-18)15-17(20)7-5-4-6-8-17/h20H,4-15H2,1-3H3. The topological polar surface area (TPSA) is 26.7 Å². The molecule has 0 aromatic heterocycles. The van der Waals surface area contributed by atoms with Gasteiger partial charge in [0, 0.05) is 32.7 Å². The largest absolute Gasteiger partial charge is 0.389 e. The van der Waals surface area contributed by atoms with Crippen molar-refractivity contribution in [3.63, 3.8) is 0 Å². The summed E-state index contributed by atoms with van der Waals surface area (Å²) in [6, 6.07) is 0. The molecule has 0 radical (unpaired) electrons. The van der Waals surface area contributed by atoms with E-state index in [9.17, 15) is 5.11 Å². The van der Waals surface area contributed by atoms with Crippen LogP contribution in [0.2, 0.25) is 0 Å². The van der Waals surface area contributed by atoms with Gasteiger partial charge in [0.25, 0.3) is 0 Å². The van der Waals surface area contributed by atoms with E-state index in [1.807, 2.05) is 0 Å². The van der Waals surface area contributed by atoms with Crippen LogP contribution in [0.25, 0.3) is 0 Å². The molecule has 0 atom stereocenters. The Kier molecular flexibility index (Phi) is 5.49. The van der Waals surface area contributed by atoms with Gasteiger partial charge in [-0.2, -0.15) is 0 Å². The summed E-state index contributed by atoms with van der Waals surface area (Å²) in [6.07, 6.45) is 7.03. The van der Waals surface area contributed by atoms with Gasteiger partial charge >= 0.3 is 0 Å². The predicted molar refractivity (Wildman–Crippen MR) is 85.0 cm³/mol. The summed E-state index contributed by atoms with van der Waals surface area (Å²) in [7, 11) is 0. The van der Waals surface area contributed by atoms with Crippen molar-refractivity contribution >= 4 is 0 Å². The highest BCUT2D eigenvalue weighted by Crippen LogP contribution is 2.29. The minimum Gasteiger partial charge on any atom is -0.389 e. The average molecular weight is 282 g/mol. The molecule has 3 nitrogen and oxygen atoms in total. The van der Waals surface area contributed by atoms with E-state index in [2.05, 4.69) is 30.6 Å². The van der Waals surface area contributed by atoms with Gasteiger partial charge in [0.2, 0.25) is 0 Å². The van der Waals surface area contributed by atoms with Crippen LogP contribution in [0.1, 0.15) is 59.3 Å². The molecular formula is C17H34N2O. The van der Waals surface area contributed by atoms with Crippen molar-refractivity contribution in [3.8, 4) is 0 Å². The van der Waals surface area contributed by atoms with E-state index in [0.717, 1.165) is 32.5 Å². The number of aliphatic hydroxyl groups is 1. The maximum atomic E-state index is 10.6. The van der Waals surface area contributed by atoms with Crippen LogP contribution in [0.4, 0.5) is 0 Å². The van der Waals surface area contributed by atoms with Crippen LogP contribution in [0.3, 0.4) is 0 Å². The molecule has 3 heteroatoms. The number of hydrogen-bond donors (Lipinski definition) is 1. The Morgan fingerprint density at radius 2 is 1.45 bits per heavy atom. The third kappa shape index (κ3) is 5.34. The third-order valence-electron chi connectivity index (χ3n) is 4.95. The van der Waals surface area contributed by atoms with Crippen LogP contribution < -0.4 is 0 Å². The van der Waals surface area contributed by atoms with Gasteiger partial charge in [-0.1, -0.05) is 40.0 Å². The fourth-order valence-corrected chi connectivity index (χ4v) is 3.45. The van der Waals surface area contributed by atoms with Gasteiger partial charge in [-0.15, -0.1) is 0 Å². The quantitative estimate of drug-likeness (QED) is 0.859. The predicted octanol–water partition coefficient (Wildman–Crippen LogP) is 2.74. The zero-order chi connectivity index (χ0) is 14.6. The molecule has 1 heterocycles. The third-order valence-corrected chi connectivity index (χ3v) is 4.95. The fraction of sp³-hybridized carbons (Fsp3) is 1.00. The van der Waals surface area contributed by atoms with Crippen LogP contribution in [-0.2, 0) is 0 Å². The Hall–Kier alpha value is -0.120. The van der Waals surface area contributed by atoms with E-state index in [1.54, 1.807) is 0 Å². The van der Waals surface area contributed by atoms with Gasteiger partial charge in [0.15, 0.2) is 0 Å². The van der Waals surface area contributed by atoms with Gasteiger partial charge in [-0.25, -0.2) is 0 Å². The number of β-amino-alcohol motifs (C(OH)–C–C–N with tert-alkyl or cyclic N) is 1. The molecule has 0 aromatic carbocycles. The molecule has 1 aliphatic heterocycles. The highest BCUT2D eigenvalue weighted by atomic mass is 16.3. The van der Waals surface area contributed by atoms with Crippen molar-refractivity contribution in [3.05, 3.63) is 0 Å². The molecule has 0 amide bonds. The zero-order valence-corrected chi connectivity index (χ0v) is 13.8. The number of rotatable bonds is 4. The van der Waals surface area contributed by atoms with Crippen molar-refractivity contribution in [1.82, 2.24) is 9.80 Å². The molecule has 20 heavy (non-hydrogen) atoms. The van der Waals surface area contributed by atoms with Crippen molar-refractivity contribution in [2.24, 2.45) is 5.41 Å². The number of hydrogen-bond acceptors (Lipinski definition) is 3. The minimum atomic E-state index is -0.383. The zero-order valence-electron chi connectivity index (χ0n) is 13.8. The summed E-state index contributed by atoms with van der Waals surface area (Å²) in [6.45, 7) is 13.7. The molecule has 2 rings (SSSR count). The number of piperazine rings is 1. The highest BCUT2D eigenvalue weighted by Gasteiger charge is 2.32. The molecule has 0 bridgehead atoms. The maximum absolute atomic E-state index is 10.6. The van der Waals surface area contributed by atoms with Gasteiger partial charge in [0.1, 0.15) is 0 Å². The van der Waals surface area contributed by atoms with Gasteiger partial charge < -0.3 is 10.0 Å². The smallest absolute Gasteiger partial charge is 0.0774 e. The summed E-state index contributed by atoms with van der Waals surface area (Å²) in [5.74, 6) is 0. The molecule has 118 valence electrons. The summed E-state index contributed by atoms with van der Waals surface area (Å²) >= 11 is 0. The van der Waals surface area contributed by atoms with Gasteiger partial charge in [-0.3, -0.25) is 4.90 Å². The molecule has 1 N–H and O–H groups in total. The number of nitrogens with zero attached hydrogens (tertiary/aromatic N) is 2. The molecule has 1 saturated carbocycles. The molecule has 1 saturated heterocycles. The summed E-state index contributed by atoms with van der Waals surface area (Å²) in [4.78, 5) is 5.07. The fourth-order valence-electron chi connectivity index (χ4n) is 3.45. The van der Waals surface area contributed by atoms with Crippen LogP contribution >= 0.6 is 0 Å². The van der Waals surface area contributed by atoms with E-state index in [-0.39, 0.29) is 5.60 Å². The summed E-state index contributed by atoms with van der Waals surface area (Å²) in [5.41, 5.74) is 0.0558. The monoisotopic (exact) mass is 282 g/mol. The molecule has 0 unspecified atom stereocenters. The lowest BCUT2D eigenvalue weighted by molar-refractivity contribution is -0.0358. The maximum Gasteiger partial charge on any atom is 0.0774 e. The van der Waals surface area contributed by atoms with Crippen LogP contribution in [0.15, 0.2) is 0 Å². The second kappa shape index (κ2) is 6.76. The van der Waals surface area contributed by atoms with Crippen molar-refractivity contribution in [1.29, 1.82) is 0 Å². The summed E-state index contributed by atoms with van der Waals surface area (Å²) in [5, 5.41) is 10.6. The first-order chi connectivity index (χ1) is 9.36. The Balaban J connectivity index is 1.69. The van der Waals surface area contributed by atoms with Crippen LogP contribution in [-0.4, -0.2) is 59.8 Å². The minimum absolute atomic E-state index is 0.383. The first-order valence-corrected chi connectivity index (χ1v) is 8.54. The molecule has 1 aliphatic carbocycles. The molecule has 2 fully saturated rings. The van der Waals surface area contributed by atoms with Crippen LogP contribution in [0, 0.1) is 5.41 Å². The lowest BCUT2D eigenvalue weighted by Crippen LogP contribution is -2.52. The van der Waals surface area contributed by atoms with E-state index in [4.69, 9.17) is 0 Å². The SMILES string of the molecule is CC(C)(C)CCN1CCN(CC2(O)CCCCC2)CC1. The Labute approximate surface area is 125 Å². The second-order valence-electron chi connectivity index (χ2n) is 8.21.